The normalized spacial score (nSPS) is 15.0. The monoisotopic (exact) mass is 290 g/mol. The fraction of sp³-hybridized carbons (Fsp3) is 0.467. The number of nitrogens with two attached hydrogens (primary N) is 1. The summed E-state index contributed by atoms with van der Waals surface area (Å²) in [6.07, 6.45) is 0. The molecule has 0 aliphatic carbocycles. The van der Waals surface area contributed by atoms with Crippen LogP contribution in [0.25, 0.3) is 0 Å². The van der Waals surface area contributed by atoms with Gasteiger partial charge in [-0.25, -0.2) is 4.79 Å². The Labute approximate surface area is 125 Å². The number of hydrogen-bond acceptors (Lipinski definition) is 3. The van der Waals surface area contributed by atoms with Gasteiger partial charge in [-0.3, -0.25) is 4.79 Å². The van der Waals surface area contributed by atoms with Gasteiger partial charge >= 0.3 is 6.03 Å². The van der Waals surface area contributed by atoms with Crippen LogP contribution in [-0.2, 0) is 0 Å². The van der Waals surface area contributed by atoms with E-state index in [1.54, 1.807) is 34.9 Å². The molecular formula is C15H22N4O2. The smallest absolute Gasteiger partial charge is 0.319 e. The number of rotatable bonds is 1. The van der Waals surface area contributed by atoms with Crippen molar-refractivity contribution in [3.05, 3.63) is 29.3 Å². The molecule has 1 fully saturated rings. The van der Waals surface area contributed by atoms with Crippen LogP contribution in [0.4, 0.5) is 10.5 Å². The Hall–Kier alpha value is -2.24. The summed E-state index contributed by atoms with van der Waals surface area (Å²) >= 11 is 0. The molecule has 2 N–H and O–H groups in total. The van der Waals surface area contributed by atoms with Crippen LogP contribution in [0.5, 0.6) is 0 Å². The van der Waals surface area contributed by atoms with Crippen LogP contribution in [-0.4, -0.2) is 66.9 Å². The van der Waals surface area contributed by atoms with Crippen LogP contribution in [0.3, 0.4) is 0 Å². The summed E-state index contributed by atoms with van der Waals surface area (Å²) in [5.74, 6) is -0.0619. The van der Waals surface area contributed by atoms with Gasteiger partial charge in [-0.1, -0.05) is 12.1 Å². The molecule has 0 saturated carbocycles. The van der Waals surface area contributed by atoms with Crippen molar-refractivity contribution >= 4 is 17.6 Å². The maximum absolute atomic E-state index is 12.5. The summed E-state index contributed by atoms with van der Waals surface area (Å²) in [5.41, 5.74) is 7.97. The number of carbonyl (C=O) groups is 2. The van der Waals surface area contributed by atoms with Gasteiger partial charge in [0.25, 0.3) is 5.91 Å². The molecule has 1 aromatic carbocycles. The van der Waals surface area contributed by atoms with Crippen molar-refractivity contribution in [2.45, 2.75) is 6.92 Å². The topological polar surface area (TPSA) is 69.9 Å². The van der Waals surface area contributed by atoms with E-state index in [-0.39, 0.29) is 11.9 Å². The van der Waals surface area contributed by atoms with Crippen LogP contribution in [0, 0.1) is 6.92 Å². The van der Waals surface area contributed by atoms with Crippen molar-refractivity contribution in [1.82, 2.24) is 14.7 Å². The standard InChI is InChI=1S/C15H22N4O2/c1-11-5-4-6-12(13(11)16)14(20)18-7-9-19(10-8-18)15(21)17(2)3/h4-6H,7-10,16H2,1-3H3. The summed E-state index contributed by atoms with van der Waals surface area (Å²) in [7, 11) is 3.46. The summed E-state index contributed by atoms with van der Waals surface area (Å²) < 4.78 is 0. The average molecular weight is 290 g/mol. The highest BCUT2D eigenvalue weighted by atomic mass is 16.2. The molecule has 0 aromatic heterocycles. The van der Waals surface area contributed by atoms with Gasteiger partial charge in [0.2, 0.25) is 0 Å². The molecule has 3 amide bonds. The van der Waals surface area contributed by atoms with E-state index >= 15 is 0 Å². The van der Waals surface area contributed by atoms with E-state index in [4.69, 9.17) is 5.73 Å². The second kappa shape index (κ2) is 6.03. The fourth-order valence-electron chi connectivity index (χ4n) is 2.42. The van der Waals surface area contributed by atoms with Crippen molar-refractivity contribution in [1.29, 1.82) is 0 Å². The summed E-state index contributed by atoms with van der Waals surface area (Å²) in [6.45, 7) is 4.06. The number of benzene rings is 1. The van der Waals surface area contributed by atoms with E-state index in [0.717, 1.165) is 5.56 Å². The molecule has 2 rings (SSSR count). The van der Waals surface area contributed by atoms with Crippen LogP contribution in [0.1, 0.15) is 15.9 Å². The number of urea groups is 1. The predicted molar refractivity (Wildman–Crippen MR) is 82.2 cm³/mol. The second-order valence-electron chi connectivity index (χ2n) is 5.49. The highest BCUT2D eigenvalue weighted by Crippen LogP contribution is 2.19. The number of carbonyl (C=O) groups excluding carboxylic acids is 2. The number of hydrogen-bond donors (Lipinski definition) is 1. The van der Waals surface area contributed by atoms with Gasteiger partial charge in [-0.15, -0.1) is 0 Å². The Morgan fingerprint density at radius 1 is 1.10 bits per heavy atom. The fourth-order valence-corrected chi connectivity index (χ4v) is 2.42. The minimum Gasteiger partial charge on any atom is -0.398 e. The third-order valence-corrected chi connectivity index (χ3v) is 3.77. The second-order valence-corrected chi connectivity index (χ2v) is 5.49. The summed E-state index contributed by atoms with van der Waals surface area (Å²) in [4.78, 5) is 29.4. The number of anilines is 1. The number of para-hydroxylation sites is 1. The van der Waals surface area contributed by atoms with Gasteiger partial charge in [-0.2, -0.15) is 0 Å². The molecule has 1 aliphatic rings. The van der Waals surface area contributed by atoms with E-state index in [1.165, 1.54) is 0 Å². The molecule has 0 spiro atoms. The number of nitrogens with zero attached hydrogens (tertiary/aromatic N) is 3. The third-order valence-electron chi connectivity index (χ3n) is 3.77. The molecule has 0 unspecified atom stereocenters. The summed E-state index contributed by atoms with van der Waals surface area (Å²) in [6, 6.07) is 5.46. The molecule has 1 heterocycles. The number of nitrogen functional groups attached to an aromatic ring is 1. The van der Waals surface area contributed by atoms with Crippen LogP contribution in [0.2, 0.25) is 0 Å². The molecule has 6 heteroatoms. The molecule has 0 atom stereocenters. The molecule has 1 saturated heterocycles. The lowest BCUT2D eigenvalue weighted by molar-refractivity contribution is 0.0651. The van der Waals surface area contributed by atoms with Gasteiger partial charge in [0.05, 0.1) is 5.56 Å². The van der Waals surface area contributed by atoms with Crippen LogP contribution >= 0.6 is 0 Å². The molecule has 0 bridgehead atoms. The van der Waals surface area contributed by atoms with Crippen molar-refractivity contribution in [3.8, 4) is 0 Å². The highest BCUT2D eigenvalue weighted by Gasteiger charge is 2.26. The first kappa shape index (κ1) is 15.2. The number of aryl methyl sites for hydroxylation is 1. The van der Waals surface area contributed by atoms with E-state index in [0.29, 0.717) is 37.4 Å². The van der Waals surface area contributed by atoms with Gasteiger partial charge in [0, 0.05) is 46.0 Å². The van der Waals surface area contributed by atoms with Crippen LogP contribution in [0.15, 0.2) is 18.2 Å². The Balaban J connectivity index is 2.04. The van der Waals surface area contributed by atoms with Crippen molar-refractivity contribution in [2.24, 2.45) is 0 Å². The number of piperazine rings is 1. The Bertz CT molecular complexity index is 549. The first-order valence-electron chi connectivity index (χ1n) is 7.02. The molecular weight excluding hydrogens is 268 g/mol. The van der Waals surface area contributed by atoms with Crippen molar-refractivity contribution in [2.75, 3.05) is 46.0 Å². The van der Waals surface area contributed by atoms with Crippen LogP contribution < -0.4 is 5.73 Å². The van der Waals surface area contributed by atoms with E-state index in [9.17, 15) is 9.59 Å². The largest absolute Gasteiger partial charge is 0.398 e. The molecule has 0 radical (unpaired) electrons. The molecule has 21 heavy (non-hydrogen) atoms. The highest BCUT2D eigenvalue weighted by molar-refractivity contribution is 5.99. The average Bonchev–Trinajstić information content (AvgIpc) is 2.48. The first-order valence-corrected chi connectivity index (χ1v) is 7.02. The van der Waals surface area contributed by atoms with E-state index < -0.39 is 0 Å². The quantitative estimate of drug-likeness (QED) is 0.785. The molecule has 1 aliphatic heterocycles. The van der Waals surface area contributed by atoms with Gasteiger partial charge in [0.15, 0.2) is 0 Å². The number of amides is 3. The summed E-state index contributed by atoms with van der Waals surface area (Å²) in [5, 5.41) is 0. The van der Waals surface area contributed by atoms with E-state index in [1.807, 2.05) is 19.1 Å². The molecule has 114 valence electrons. The SMILES string of the molecule is Cc1cccc(C(=O)N2CCN(C(=O)N(C)C)CC2)c1N. The zero-order chi connectivity index (χ0) is 15.6. The lowest BCUT2D eigenvalue weighted by Gasteiger charge is -2.36. The Morgan fingerprint density at radius 3 is 2.24 bits per heavy atom. The zero-order valence-electron chi connectivity index (χ0n) is 12.8. The maximum atomic E-state index is 12.5. The van der Waals surface area contributed by atoms with Gasteiger partial charge < -0.3 is 20.4 Å². The lowest BCUT2D eigenvalue weighted by Crippen LogP contribution is -2.52. The predicted octanol–water partition coefficient (Wildman–Crippen LogP) is 1.02. The molecule has 1 aromatic rings. The minimum absolute atomic E-state index is 0.0165. The van der Waals surface area contributed by atoms with Gasteiger partial charge in [-0.05, 0) is 18.6 Å². The van der Waals surface area contributed by atoms with E-state index in [2.05, 4.69) is 0 Å². The maximum Gasteiger partial charge on any atom is 0.319 e. The third kappa shape index (κ3) is 3.09. The van der Waals surface area contributed by atoms with Crippen molar-refractivity contribution in [3.63, 3.8) is 0 Å². The lowest BCUT2D eigenvalue weighted by atomic mass is 10.1. The molecule has 6 nitrogen and oxygen atoms in total. The van der Waals surface area contributed by atoms with Gasteiger partial charge in [0.1, 0.15) is 0 Å². The Morgan fingerprint density at radius 2 is 1.67 bits per heavy atom. The Kier molecular flexibility index (Phi) is 4.35. The zero-order valence-corrected chi connectivity index (χ0v) is 12.8. The minimum atomic E-state index is -0.0619. The first-order chi connectivity index (χ1) is 9.91. The van der Waals surface area contributed by atoms with Crippen molar-refractivity contribution < 1.29 is 9.59 Å².